The van der Waals surface area contributed by atoms with Crippen molar-refractivity contribution in [3.63, 3.8) is 0 Å². The summed E-state index contributed by atoms with van der Waals surface area (Å²) in [6.07, 6.45) is 5.95. The molecule has 0 aliphatic carbocycles. The van der Waals surface area contributed by atoms with Gasteiger partial charge in [-0.25, -0.2) is 0 Å². The van der Waals surface area contributed by atoms with Crippen molar-refractivity contribution >= 4 is 16.7 Å². The molecule has 0 aromatic heterocycles. The van der Waals surface area contributed by atoms with Crippen molar-refractivity contribution in [1.29, 1.82) is 0 Å². The van der Waals surface area contributed by atoms with Gasteiger partial charge in [-0.15, -0.1) is 0 Å². The number of amides is 1. The Balaban J connectivity index is 1.22. The van der Waals surface area contributed by atoms with Crippen molar-refractivity contribution in [1.82, 2.24) is 10.6 Å². The molecule has 2 fully saturated rings. The number of piperidine rings is 1. The van der Waals surface area contributed by atoms with Crippen molar-refractivity contribution in [2.75, 3.05) is 6.61 Å². The molecule has 0 radical (unpaired) electrons. The van der Waals surface area contributed by atoms with Gasteiger partial charge >= 0.3 is 0 Å². The Hall–Kier alpha value is -2.07. The number of nitrogens with one attached hydrogen (secondary N) is 2. The topological polar surface area (TPSA) is 50.4 Å². The Morgan fingerprint density at radius 2 is 1.84 bits per heavy atom. The fourth-order valence-electron chi connectivity index (χ4n) is 4.21. The van der Waals surface area contributed by atoms with Crippen molar-refractivity contribution in [3.05, 3.63) is 42.5 Å². The van der Waals surface area contributed by atoms with Gasteiger partial charge in [0.25, 0.3) is 0 Å². The molecule has 2 unspecified atom stereocenters. The lowest BCUT2D eigenvalue weighted by molar-refractivity contribution is -0.122. The molecule has 2 bridgehead atoms. The highest BCUT2D eigenvalue weighted by Crippen LogP contribution is 2.27. The van der Waals surface area contributed by atoms with E-state index in [1.807, 2.05) is 24.3 Å². The lowest BCUT2D eigenvalue weighted by Crippen LogP contribution is -2.48. The van der Waals surface area contributed by atoms with Gasteiger partial charge in [0.2, 0.25) is 5.91 Å². The van der Waals surface area contributed by atoms with Crippen LogP contribution in [0.5, 0.6) is 5.75 Å². The van der Waals surface area contributed by atoms with Gasteiger partial charge < -0.3 is 15.4 Å². The Kier molecular flexibility index (Phi) is 4.88. The van der Waals surface area contributed by atoms with Gasteiger partial charge in [0.15, 0.2) is 0 Å². The average Bonchev–Trinajstić information content (AvgIpc) is 2.97. The van der Waals surface area contributed by atoms with Crippen molar-refractivity contribution in [2.24, 2.45) is 0 Å². The molecule has 132 valence electrons. The maximum Gasteiger partial charge on any atom is 0.220 e. The fraction of sp³-hybridized carbons (Fsp3) is 0.476. The largest absolute Gasteiger partial charge is 0.493 e. The minimum Gasteiger partial charge on any atom is -0.493 e. The smallest absolute Gasteiger partial charge is 0.220 e. The molecule has 2 aliphatic heterocycles. The molecule has 1 amide bonds. The van der Waals surface area contributed by atoms with Gasteiger partial charge in [-0.05, 0) is 43.6 Å². The fourth-order valence-corrected chi connectivity index (χ4v) is 4.21. The van der Waals surface area contributed by atoms with E-state index in [0.717, 1.165) is 30.4 Å². The standard InChI is InChI=1S/C21H26N2O2/c24-21(23-18-13-16-10-11-17(14-18)22-16)9-4-12-25-20-8-3-6-15-5-1-2-7-19(15)20/h1-3,5-8,16-18,22H,4,9-14H2,(H,23,24). The lowest BCUT2D eigenvalue weighted by Gasteiger charge is -2.29. The molecule has 2 aromatic rings. The third-order valence-corrected chi connectivity index (χ3v) is 5.39. The summed E-state index contributed by atoms with van der Waals surface area (Å²) >= 11 is 0. The summed E-state index contributed by atoms with van der Waals surface area (Å²) in [5, 5.41) is 9.12. The van der Waals surface area contributed by atoms with Gasteiger partial charge in [0, 0.05) is 29.9 Å². The van der Waals surface area contributed by atoms with Gasteiger partial charge in [0.1, 0.15) is 5.75 Å². The van der Waals surface area contributed by atoms with Crippen LogP contribution in [0, 0.1) is 0 Å². The van der Waals surface area contributed by atoms with Crippen LogP contribution in [0.2, 0.25) is 0 Å². The predicted molar refractivity (Wildman–Crippen MR) is 99.8 cm³/mol. The predicted octanol–water partition coefficient (Wildman–Crippen LogP) is 3.40. The third kappa shape index (κ3) is 3.96. The van der Waals surface area contributed by atoms with Crippen LogP contribution in [0.3, 0.4) is 0 Å². The van der Waals surface area contributed by atoms with Crippen molar-refractivity contribution in [2.45, 2.75) is 56.7 Å². The average molecular weight is 338 g/mol. The maximum absolute atomic E-state index is 12.2. The quantitative estimate of drug-likeness (QED) is 0.794. The number of hydrogen-bond acceptors (Lipinski definition) is 3. The van der Waals surface area contributed by atoms with Gasteiger partial charge in [-0.2, -0.15) is 0 Å². The molecule has 0 saturated carbocycles. The molecule has 2 atom stereocenters. The molecule has 2 aromatic carbocycles. The van der Waals surface area contributed by atoms with E-state index in [1.165, 1.54) is 18.2 Å². The second kappa shape index (κ2) is 7.44. The summed E-state index contributed by atoms with van der Waals surface area (Å²) in [6, 6.07) is 15.9. The SMILES string of the molecule is O=C(CCCOc1cccc2ccccc12)NC1CC2CCC(C1)N2. The van der Waals surface area contributed by atoms with Crippen LogP contribution in [0.4, 0.5) is 0 Å². The number of carbonyl (C=O) groups is 1. The van der Waals surface area contributed by atoms with Gasteiger partial charge in [-0.1, -0.05) is 36.4 Å². The summed E-state index contributed by atoms with van der Waals surface area (Å²) in [4.78, 5) is 12.2. The number of carbonyl (C=O) groups excluding carboxylic acids is 1. The number of hydrogen-bond donors (Lipinski definition) is 2. The van der Waals surface area contributed by atoms with Gasteiger partial charge in [-0.3, -0.25) is 4.79 Å². The van der Waals surface area contributed by atoms with E-state index >= 15 is 0 Å². The maximum atomic E-state index is 12.2. The summed E-state index contributed by atoms with van der Waals surface area (Å²) < 4.78 is 5.91. The Labute approximate surface area is 148 Å². The van der Waals surface area contributed by atoms with E-state index in [4.69, 9.17) is 4.74 Å². The van der Waals surface area contributed by atoms with E-state index in [2.05, 4.69) is 28.8 Å². The Bertz CT molecular complexity index is 728. The molecule has 25 heavy (non-hydrogen) atoms. The second-order valence-corrected chi connectivity index (χ2v) is 7.30. The monoisotopic (exact) mass is 338 g/mol. The highest BCUT2D eigenvalue weighted by Gasteiger charge is 2.33. The molecular weight excluding hydrogens is 312 g/mol. The first-order chi connectivity index (χ1) is 12.3. The molecule has 4 rings (SSSR count). The minimum atomic E-state index is 0.160. The first-order valence-corrected chi connectivity index (χ1v) is 9.44. The second-order valence-electron chi connectivity index (χ2n) is 7.30. The molecular formula is C21H26N2O2. The highest BCUT2D eigenvalue weighted by molar-refractivity contribution is 5.88. The Morgan fingerprint density at radius 3 is 2.68 bits per heavy atom. The number of fused-ring (bicyclic) bond motifs is 3. The molecule has 2 heterocycles. The van der Waals surface area contributed by atoms with Crippen LogP contribution in [-0.4, -0.2) is 30.6 Å². The van der Waals surface area contributed by atoms with Crippen molar-refractivity contribution in [3.8, 4) is 5.75 Å². The summed E-state index contributed by atoms with van der Waals surface area (Å²) in [6.45, 7) is 0.568. The molecule has 2 saturated heterocycles. The first kappa shape index (κ1) is 16.4. The zero-order valence-corrected chi connectivity index (χ0v) is 14.5. The molecule has 2 aliphatic rings. The lowest BCUT2D eigenvalue weighted by atomic mass is 9.99. The van der Waals surface area contributed by atoms with E-state index in [-0.39, 0.29) is 5.91 Å². The minimum absolute atomic E-state index is 0.160. The normalized spacial score (nSPS) is 25.0. The summed E-state index contributed by atoms with van der Waals surface area (Å²) in [5.74, 6) is 1.06. The highest BCUT2D eigenvalue weighted by atomic mass is 16.5. The van der Waals surface area contributed by atoms with E-state index in [1.54, 1.807) is 0 Å². The van der Waals surface area contributed by atoms with Crippen LogP contribution in [0.25, 0.3) is 10.8 Å². The third-order valence-electron chi connectivity index (χ3n) is 5.39. The van der Waals surface area contributed by atoms with E-state index in [9.17, 15) is 4.79 Å². The van der Waals surface area contributed by atoms with Gasteiger partial charge in [0.05, 0.1) is 6.61 Å². The summed E-state index contributed by atoms with van der Waals surface area (Å²) in [7, 11) is 0. The number of ether oxygens (including phenoxy) is 1. The summed E-state index contributed by atoms with van der Waals surface area (Å²) in [5.41, 5.74) is 0. The van der Waals surface area contributed by atoms with Crippen LogP contribution in [0.15, 0.2) is 42.5 Å². The molecule has 0 spiro atoms. The molecule has 2 N–H and O–H groups in total. The zero-order valence-electron chi connectivity index (χ0n) is 14.5. The van der Waals surface area contributed by atoms with E-state index < -0.39 is 0 Å². The number of benzene rings is 2. The van der Waals surface area contributed by atoms with Crippen LogP contribution in [0.1, 0.15) is 38.5 Å². The molecule has 4 heteroatoms. The number of rotatable bonds is 6. The zero-order chi connectivity index (χ0) is 17.1. The Morgan fingerprint density at radius 1 is 1.08 bits per heavy atom. The van der Waals surface area contributed by atoms with E-state index in [0.29, 0.717) is 31.2 Å². The van der Waals surface area contributed by atoms with Crippen LogP contribution < -0.4 is 15.4 Å². The molecule has 4 nitrogen and oxygen atoms in total. The van der Waals surface area contributed by atoms with Crippen LogP contribution in [-0.2, 0) is 4.79 Å². The first-order valence-electron chi connectivity index (χ1n) is 9.44. The van der Waals surface area contributed by atoms with Crippen LogP contribution >= 0.6 is 0 Å². The van der Waals surface area contributed by atoms with Crippen molar-refractivity contribution < 1.29 is 9.53 Å².